The molecule has 0 unspecified atom stereocenters. The monoisotopic (exact) mass is 247 g/mol. The van der Waals surface area contributed by atoms with Crippen molar-refractivity contribution in [1.82, 2.24) is 24.9 Å². The SMILES string of the molecule is CCn1cc(CNCc2cnn(CC)c2C)cn1. The van der Waals surface area contributed by atoms with Gasteiger partial charge in [-0.25, -0.2) is 0 Å². The third-order valence-corrected chi connectivity index (χ3v) is 3.16. The molecule has 0 atom stereocenters. The Morgan fingerprint density at radius 2 is 1.94 bits per heavy atom. The third-order valence-electron chi connectivity index (χ3n) is 3.16. The summed E-state index contributed by atoms with van der Waals surface area (Å²) in [6.45, 7) is 9.85. The minimum Gasteiger partial charge on any atom is -0.308 e. The van der Waals surface area contributed by atoms with E-state index in [4.69, 9.17) is 0 Å². The zero-order chi connectivity index (χ0) is 13.0. The topological polar surface area (TPSA) is 47.7 Å². The van der Waals surface area contributed by atoms with Crippen molar-refractivity contribution in [2.75, 3.05) is 0 Å². The molecule has 18 heavy (non-hydrogen) atoms. The fourth-order valence-electron chi connectivity index (χ4n) is 1.99. The summed E-state index contributed by atoms with van der Waals surface area (Å²) in [7, 11) is 0. The smallest absolute Gasteiger partial charge is 0.0537 e. The van der Waals surface area contributed by atoms with Gasteiger partial charge in [0.2, 0.25) is 0 Å². The van der Waals surface area contributed by atoms with Gasteiger partial charge in [-0.3, -0.25) is 9.36 Å². The second-order valence-corrected chi connectivity index (χ2v) is 4.38. The quantitative estimate of drug-likeness (QED) is 0.845. The summed E-state index contributed by atoms with van der Waals surface area (Å²) in [4.78, 5) is 0. The molecular formula is C13H21N5. The van der Waals surface area contributed by atoms with Crippen LogP contribution >= 0.6 is 0 Å². The maximum Gasteiger partial charge on any atom is 0.0537 e. The Morgan fingerprint density at radius 1 is 1.11 bits per heavy atom. The number of hydrogen-bond donors (Lipinski definition) is 1. The van der Waals surface area contributed by atoms with E-state index in [1.54, 1.807) is 0 Å². The summed E-state index contributed by atoms with van der Waals surface area (Å²) in [5, 5.41) is 12.0. The van der Waals surface area contributed by atoms with E-state index in [0.29, 0.717) is 0 Å². The number of nitrogens with one attached hydrogen (secondary N) is 1. The molecule has 0 bridgehead atoms. The van der Waals surface area contributed by atoms with E-state index in [-0.39, 0.29) is 0 Å². The van der Waals surface area contributed by atoms with Crippen LogP contribution in [-0.4, -0.2) is 19.6 Å². The maximum absolute atomic E-state index is 4.34. The molecule has 5 heteroatoms. The van der Waals surface area contributed by atoms with Crippen LogP contribution in [0.1, 0.15) is 30.7 Å². The first kappa shape index (κ1) is 12.8. The molecular weight excluding hydrogens is 226 g/mol. The lowest BCUT2D eigenvalue weighted by Crippen LogP contribution is -2.13. The average Bonchev–Trinajstić information content (AvgIpc) is 2.97. The molecule has 2 aromatic heterocycles. The van der Waals surface area contributed by atoms with E-state index in [0.717, 1.165) is 26.2 Å². The van der Waals surface area contributed by atoms with Gasteiger partial charge < -0.3 is 5.32 Å². The molecule has 98 valence electrons. The number of hydrogen-bond acceptors (Lipinski definition) is 3. The second kappa shape index (κ2) is 5.82. The van der Waals surface area contributed by atoms with Crippen LogP contribution in [0.2, 0.25) is 0 Å². The van der Waals surface area contributed by atoms with Gasteiger partial charge in [0.15, 0.2) is 0 Å². The summed E-state index contributed by atoms with van der Waals surface area (Å²) in [6.07, 6.45) is 5.94. The number of aryl methyl sites for hydroxylation is 2. The molecule has 0 radical (unpaired) electrons. The summed E-state index contributed by atoms with van der Waals surface area (Å²) >= 11 is 0. The predicted molar refractivity (Wildman–Crippen MR) is 71.1 cm³/mol. The first-order valence-electron chi connectivity index (χ1n) is 6.48. The maximum atomic E-state index is 4.34. The Morgan fingerprint density at radius 3 is 2.56 bits per heavy atom. The number of rotatable bonds is 6. The lowest BCUT2D eigenvalue weighted by atomic mass is 10.2. The lowest BCUT2D eigenvalue weighted by Gasteiger charge is -2.03. The Balaban J connectivity index is 1.86. The van der Waals surface area contributed by atoms with Crippen LogP contribution in [0.25, 0.3) is 0 Å². The van der Waals surface area contributed by atoms with E-state index in [1.807, 2.05) is 21.8 Å². The summed E-state index contributed by atoms with van der Waals surface area (Å²) in [5.74, 6) is 0. The zero-order valence-electron chi connectivity index (χ0n) is 11.3. The van der Waals surface area contributed by atoms with Crippen molar-refractivity contribution in [3.05, 3.63) is 35.4 Å². The van der Waals surface area contributed by atoms with E-state index in [1.165, 1.54) is 16.8 Å². The average molecular weight is 247 g/mol. The van der Waals surface area contributed by atoms with Crippen molar-refractivity contribution >= 4 is 0 Å². The minimum atomic E-state index is 0.844. The molecule has 0 aliphatic rings. The third kappa shape index (κ3) is 2.79. The molecule has 0 spiro atoms. The summed E-state index contributed by atoms with van der Waals surface area (Å²) in [6, 6.07) is 0. The van der Waals surface area contributed by atoms with E-state index < -0.39 is 0 Å². The van der Waals surface area contributed by atoms with Crippen molar-refractivity contribution in [2.24, 2.45) is 0 Å². The van der Waals surface area contributed by atoms with Crippen molar-refractivity contribution in [3.8, 4) is 0 Å². The van der Waals surface area contributed by atoms with Gasteiger partial charge in [-0.05, 0) is 20.8 Å². The molecule has 0 saturated heterocycles. The van der Waals surface area contributed by atoms with Crippen molar-refractivity contribution in [2.45, 2.75) is 47.0 Å². The highest BCUT2D eigenvalue weighted by Gasteiger charge is 2.04. The zero-order valence-corrected chi connectivity index (χ0v) is 11.3. The van der Waals surface area contributed by atoms with Crippen molar-refractivity contribution in [1.29, 1.82) is 0 Å². The first-order chi connectivity index (χ1) is 8.74. The van der Waals surface area contributed by atoms with Gasteiger partial charge in [0.1, 0.15) is 0 Å². The highest BCUT2D eigenvalue weighted by Crippen LogP contribution is 2.07. The second-order valence-electron chi connectivity index (χ2n) is 4.38. The molecule has 0 aromatic carbocycles. The van der Waals surface area contributed by atoms with Crippen LogP contribution in [0.4, 0.5) is 0 Å². The van der Waals surface area contributed by atoms with Gasteiger partial charge in [0.25, 0.3) is 0 Å². The normalized spacial score (nSPS) is 11.1. The standard InChI is InChI=1S/C13H21N5/c1-4-17-10-12(7-15-17)6-14-8-13-9-16-18(5-2)11(13)3/h7,9-10,14H,4-6,8H2,1-3H3. The van der Waals surface area contributed by atoms with Crippen LogP contribution < -0.4 is 5.32 Å². The molecule has 0 amide bonds. The Kier molecular flexibility index (Phi) is 4.15. The molecule has 2 heterocycles. The van der Waals surface area contributed by atoms with Gasteiger partial charge in [-0.15, -0.1) is 0 Å². The van der Waals surface area contributed by atoms with E-state index in [9.17, 15) is 0 Å². The van der Waals surface area contributed by atoms with Crippen LogP contribution in [0.3, 0.4) is 0 Å². The van der Waals surface area contributed by atoms with Crippen LogP contribution in [0, 0.1) is 6.92 Å². The summed E-state index contributed by atoms with van der Waals surface area (Å²) < 4.78 is 3.96. The molecule has 1 N–H and O–H groups in total. The Labute approximate surface area is 108 Å². The van der Waals surface area contributed by atoms with Gasteiger partial charge in [0, 0.05) is 49.2 Å². The Bertz CT molecular complexity index is 497. The molecule has 2 rings (SSSR count). The molecule has 2 aromatic rings. The molecule has 0 aliphatic heterocycles. The van der Waals surface area contributed by atoms with Gasteiger partial charge in [-0.1, -0.05) is 0 Å². The predicted octanol–water partition coefficient (Wildman–Crippen LogP) is 1.72. The van der Waals surface area contributed by atoms with Crippen LogP contribution in [0.15, 0.2) is 18.6 Å². The van der Waals surface area contributed by atoms with Gasteiger partial charge in [-0.2, -0.15) is 10.2 Å². The van der Waals surface area contributed by atoms with Crippen molar-refractivity contribution < 1.29 is 0 Å². The molecule has 0 fully saturated rings. The van der Waals surface area contributed by atoms with E-state index in [2.05, 4.69) is 42.5 Å². The minimum absolute atomic E-state index is 0.844. The number of nitrogens with zero attached hydrogens (tertiary/aromatic N) is 4. The molecule has 0 saturated carbocycles. The lowest BCUT2D eigenvalue weighted by molar-refractivity contribution is 0.633. The highest BCUT2D eigenvalue weighted by atomic mass is 15.3. The Hall–Kier alpha value is -1.62. The van der Waals surface area contributed by atoms with Crippen molar-refractivity contribution in [3.63, 3.8) is 0 Å². The van der Waals surface area contributed by atoms with Crippen LogP contribution in [0.5, 0.6) is 0 Å². The first-order valence-corrected chi connectivity index (χ1v) is 6.48. The molecule has 5 nitrogen and oxygen atoms in total. The van der Waals surface area contributed by atoms with Gasteiger partial charge >= 0.3 is 0 Å². The number of aromatic nitrogens is 4. The largest absolute Gasteiger partial charge is 0.308 e. The van der Waals surface area contributed by atoms with E-state index >= 15 is 0 Å². The van der Waals surface area contributed by atoms with Gasteiger partial charge in [0.05, 0.1) is 12.4 Å². The fourth-order valence-corrected chi connectivity index (χ4v) is 1.99. The fraction of sp³-hybridized carbons (Fsp3) is 0.538. The molecule has 0 aliphatic carbocycles. The highest BCUT2D eigenvalue weighted by molar-refractivity contribution is 5.16. The van der Waals surface area contributed by atoms with Crippen LogP contribution in [-0.2, 0) is 26.2 Å². The summed E-state index contributed by atoms with van der Waals surface area (Å²) in [5.41, 5.74) is 3.73.